The fourth-order valence-electron chi connectivity index (χ4n) is 2.89. The number of carbonyl (C=O) groups is 2. The average Bonchev–Trinajstić information content (AvgIpc) is 2.74. The number of anilines is 1. The minimum atomic E-state index is -0.672. The first-order chi connectivity index (χ1) is 14.0. The number of amides is 2. The van der Waals surface area contributed by atoms with Crippen LogP contribution in [0, 0.1) is 0 Å². The number of hydrogen-bond acceptors (Lipinski definition) is 4. The Bertz CT molecular complexity index is 782. The molecule has 2 aromatic rings. The van der Waals surface area contributed by atoms with E-state index in [0.717, 1.165) is 31.7 Å². The smallest absolute Gasteiger partial charge is 0.265 e. The fraction of sp³-hybridized carbons (Fsp3) is 0.391. The van der Waals surface area contributed by atoms with E-state index in [2.05, 4.69) is 19.2 Å². The van der Waals surface area contributed by atoms with Crippen molar-refractivity contribution in [2.24, 2.45) is 0 Å². The van der Waals surface area contributed by atoms with Gasteiger partial charge in [-0.3, -0.25) is 9.59 Å². The fourth-order valence-corrected chi connectivity index (χ4v) is 2.89. The van der Waals surface area contributed by atoms with Crippen LogP contribution in [0.1, 0.15) is 44.0 Å². The summed E-state index contributed by atoms with van der Waals surface area (Å²) >= 11 is 0. The van der Waals surface area contributed by atoms with Gasteiger partial charge in [0, 0.05) is 24.3 Å². The Morgan fingerprint density at radius 3 is 2.00 bits per heavy atom. The molecule has 2 rings (SSSR count). The van der Waals surface area contributed by atoms with Gasteiger partial charge in [-0.2, -0.15) is 0 Å². The van der Waals surface area contributed by atoms with E-state index in [-0.39, 0.29) is 11.8 Å². The molecule has 6 nitrogen and oxygen atoms in total. The zero-order valence-electron chi connectivity index (χ0n) is 17.6. The van der Waals surface area contributed by atoms with Crippen molar-refractivity contribution in [3.63, 3.8) is 0 Å². The Balaban J connectivity index is 1.95. The van der Waals surface area contributed by atoms with Crippen LogP contribution in [0.15, 0.2) is 48.5 Å². The predicted octanol–water partition coefficient (Wildman–Crippen LogP) is 4.36. The van der Waals surface area contributed by atoms with Crippen LogP contribution in [0.3, 0.4) is 0 Å². The maximum absolute atomic E-state index is 12.6. The maximum Gasteiger partial charge on any atom is 0.265 e. The molecule has 1 unspecified atom stereocenters. The molecule has 0 aliphatic rings. The quantitative estimate of drug-likeness (QED) is 0.646. The second kappa shape index (κ2) is 11.1. The van der Waals surface area contributed by atoms with Crippen LogP contribution in [-0.4, -0.2) is 43.0 Å². The number of hydrogen-bond donors (Lipinski definition) is 1. The first-order valence-electron chi connectivity index (χ1n) is 9.99. The Labute approximate surface area is 172 Å². The molecule has 0 aromatic heterocycles. The molecule has 0 spiro atoms. The van der Waals surface area contributed by atoms with Crippen molar-refractivity contribution >= 4 is 17.5 Å². The molecular formula is C23H30N2O4. The molecule has 0 saturated carbocycles. The summed E-state index contributed by atoms with van der Waals surface area (Å²) < 4.78 is 10.8. The number of carbonyl (C=O) groups excluding carboxylic acids is 2. The van der Waals surface area contributed by atoms with E-state index in [9.17, 15) is 9.59 Å². The molecule has 0 saturated heterocycles. The third-order valence-electron chi connectivity index (χ3n) is 4.42. The van der Waals surface area contributed by atoms with Crippen molar-refractivity contribution in [1.29, 1.82) is 0 Å². The van der Waals surface area contributed by atoms with Gasteiger partial charge in [-0.15, -0.1) is 0 Å². The van der Waals surface area contributed by atoms with Crippen LogP contribution >= 0.6 is 0 Å². The Hall–Kier alpha value is -3.02. The molecule has 2 amide bonds. The molecule has 29 heavy (non-hydrogen) atoms. The summed E-state index contributed by atoms with van der Waals surface area (Å²) in [5, 5.41) is 2.82. The lowest BCUT2D eigenvalue weighted by atomic mass is 10.1. The summed E-state index contributed by atoms with van der Waals surface area (Å²) in [6, 6.07) is 14.0. The van der Waals surface area contributed by atoms with Gasteiger partial charge in [0.15, 0.2) is 6.10 Å². The predicted molar refractivity (Wildman–Crippen MR) is 115 cm³/mol. The van der Waals surface area contributed by atoms with Crippen molar-refractivity contribution in [3.8, 4) is 11.5 Å². The third-order valence-corrected chi connectivity index (χ3v) is 4.42. The van der Waals surface area contributed by atoms with Gasteiger partial charge in [0.2, 0.25) is 0 Å². The van der Waals surface area contributed by atoms with Gasteiger partial charge in [-0.1, -0.05) is 13.8 Å². The normalized spacial score (nSPS) is 11.4. The molecule has 156 valence electrons. The molecular weight excluding hydrogens is 368 g/mol. The average molecular weight is 399 g/mol. The topological polar surface area (TPSA) is 67.9 Å². The van der Waals surface area contributed by atoms with Crippen LogP contribution < -0.4 is 14.8 Å². The summed E-state index contributed by atoms with van der Waals surface area (Å²) in [7, 11) is 1.59. The van der Waals surface area contributed by atoms with Gasteiger partial charge in [0.1, 0.15) is 11.5 Å². The molecule has 0 fully saturated rings. The zero-order valence-corrected chi connectivity index (χ0v) is 17.6. The third kappa shape index (κ3) is 6.52. The van der Waals surface area contributed by atoms with E-state index >= 15 is 0 Å². The van der Waals surface area contributed by atoms with E-state index in [1.165, 1.54) is 0 Å². The van der Waals surface area contributed by atoms with E-state index in [1.807, 2.05) is 4.90 Å². The largest absolute Gasteiger partial charge is 0.497 e. The Morgan fingerprint density at radius 1 is 0.931 bits per heavy atom. The summed E-state index contributed by atoms with van der Waals surface area (Å²) in [6.45, 7) is 7.29. The zero-order chi connectivity index (χ0) is 21.2. The van der Waals surface area contributed by atoms with Crippen molar-refractivity contribution in [2.75, 3.05) is 25.5 Å². The molecule has 1 atom stereocenters. The number of nitrogens with one attached hydrogen (secondary N) is 1. The van der Waals surface area contributed by atoms with Gasteiger partial charge in [0.25, 0.3) is 11.8 Å². The van der Waals surface area contributed by atoms with Crippen LogP contribution in [-0.2, 0) is 4.79 Å². The van der Waals surface area contributed by atoms with Gasteiger partial charge < -0.3 is 19.7 Å². The minimum Gasteiger partial charge on any atom is -0.497 e. The highest BCUT2D eigenvalue weighted by Gasteiger charge is 2.17. The van der Waals surface area contributed by atoms with E-state index in [4.69, 9.17) is 9.47 Å². The number of ether oxygens (including phenoxy) is 2. The SMILES string of the molecule is CCCN(CCC)C(=O)c1ccc(NC(=O)C(C)Oc2ccc(OC)cc2)cc1. The number of methoxy groups -OCH3 is 1. The minimum absolute atomic E-state index is 0.0165. The van der Waals surface area contributed by atoms with E-state index in [0.29, 0.717) is 17.0 Å². The monoisotopic (exact) mass is 398 g/mol. The second-order valence-electron chi connectivity index (χ2n) is 6.79. The summed E-state index contributed by atoms with van der Waals surface area (Å²) in [5.41, 5.74) is 1.24. The summed E-state index contributed by atoms with van der Waals surface area (Å²) in [6.07, 6.45) is 1.17. The first-order valence-corrected chi connectivity index (χ1v) is 9.99. The van der Waals surface area contributed by atoms with Gasteiger partial charge in [-0.05, 0) is 68.3 Å². The van der Waals surface area contributed by atoms with Crippen molar-refractivity contribution in [2.45, 2.75) is 39.7 Å². The maximum atomic E-state index is 12.6. The highest BCUT2D eigenvalue weighted by molar-refractivity contribution is 5.96. The Morgan fingerprint density at radius 2 is 1.48 bits per heavy atom. The molecule has 2 aromatic carbocycles. The summed E-state index contributed by atoms with van der Waals surface area (Å²) in [5.74, 6) is 1.06. The molecule has 0 heterocycles. The van der Waals surface area contributed by atoms with Crippen LogP contribution in [0.2, 0.25) is 0 Å². The molecule has 0 bridgehead atoms. The molecule has 6 heteroatoms. The molecule has 0 radical (unpaired) electrons. The lowest BCUT2D eigenvalue weighted by molar-refractivity contribution is -0.122. The number of rotatable bonds is 10. The van der Waals surface area contributed by atoms with Crippen LogP contribution in [0.25, 0.3) is 0 Å². The molecule has 0 aliphatic heterocycles. The lowest BCUT2D eigenvalue weighted by Crippen LogP contribution is -2.32. The highest BCUT2D eigenvalue weighted by atomic mass is 16.5. The van der Waals surface area contributed by atoms with Crippen molar-refractivity contribution in [3.05, 3.63) is 54.1 Å². The number of nitrogens with zero attached hydrogens (tertiary/aromatic N) is 1. The standard InChI is InChI=1S/C23H30N2O4/c1-5-15-25(16-6-2)23(27)18-7-9-19(10-8-18)24-22(26)17(3)29-21-13-11-20(28-4)12-14-21/h7-14,17H,5-6,15-16H2,1-4H3,(H,24,26). The van der Waals surface area contributed by atoms with Crippen molar-refractivity contribution < 1.29 is 19.1 Å². The van der Waals surface area contributed by atoms with E-state index in [1.54, 1.807) is 62.6 Å². The van der Waals surface area contributed by atoms with Gasteiger partial charge in [-0.25, -0.2) is 0 Å². The van der Waals surface area contributed by atoms with Crippen LogP contribution in [0.4, 0.5) is 5.69 Å². The van der Waals surface area contributed by atoms with Gasteiger partial charge >= 0.3 is 0 Å². The first kappa shape index (κ1) is 22.3. The van der Waals surface area contributed by atoms with Crippen molar-refractivity contribution in [1.82, 2.24) is 4.90 Å². The van der Waals surface area contributed by atoms with Crippen LogP contribution in [0.5, 0.6) is 11.5 Å². The highest BCUT2D eigenvalue weighted by Crippen LogP contribution is 2.19. The summed E-state index contributed by atoms with van der Waals surface area (Å²) in [4.78, 5) is 26.9. The lowest BCUT2D eigenvalue weighted by Gasteiger charge is -2.21. The second-order valence-corrected chi connectivity index (χ2v) is 6.79. The van der Waals surface area contributed by atoms with Gasteiger partial charge in [0.05, 0.1) is 7.11 Å². The van der Waals surface area contributed by atoms with E-state index < -0.39 is 6.10 Å². The number of benzene rings is 2. The molecule has 0 aliphatic carbocycles. The Kier molecular flexibility index (Phi) is 8.52. The molecule has 1 N–H and O–H groups in total.